The van der Waals surface area contributed by atoms with E-state index in [1.807, 2.05) is 11.2 Å². The molecule has 0 aromatic carbocycles. The van der Waals surface area contributed by atoms with Crippen LogP contribution in [0.3, 0.4) is 0 Å². The van der Waals surface area contributed by atoms with Gasteiger partial charge in [-0.05, 0) is 25.7 Å². The van der Waals surface area contributed by atoms with E-state index >= 15 is 0 Å². The van der Waals surface area contributed by atoms with Gasteiger partial charge in [-0.25, -0.2) is 4.98 Å². The van der Waals surface area contributed by atoms with Crippen molar-refractivity contribution in [2.45, 2.75) is 37.5 Å². The van der Waals surface area contributed by atoms with Gasteiger partial charge in [0.05, 0.1) is 37.5 Å². The maximum atomic E-state index is 12.6. The summed E-state index contributed by atoms with van der Waals surface area (Å²) in [6.07, 6.45) is 2.68. The molecule has 0 unspecified atom stereocenters. The number of nitrogens with zero attached hydrogens (tertiary/aromatic N) is 5. The molecule has 8 nitrogen and oxygen atoms in total. The van der Waals surface area contributed by atoms with E-state index in [2.05, 4.69) is 29.7 Å². The lowest BCUT2D eigenvalue weighted by atomic mass is 9.89. The molecule has 0 spiro atoms. The predicted molar refractivity (Wildman–Crippen MR) is 119 cm³/mol. The molecule has 4 rings (SSSR count). The molecule has 1 amide bonds. The maximum Gasteiger partial charge on any atom is 0.236 e. The summed E-state index contributed by atoms with van der Waals surface area (Å²) in [5.41, 5.74) is 2.53. The number of anilines is 1. The van der Waals surface area contributed by atoms with E-state index in [0.717, 1.165) is 48.1 Å². The molecule has 0 atom stereocenters. The molecule has 9 heteroatoms. The van der Waals surface area contributed by atoms with E-state index in [0.29, 0.717) is 51.4 Å². The Bertz CT molecular complexity index is 871. The number of thioether (sulfide) groups is 1. The van der Waals surface area contributed by atoms with Crippen LogP contribution in [0.25, 0.3) is 0 Å². The average molecular weight is 446 g/mol. The monoisotopic (exact) mass is 445 g/mol. The summed E-state index contributed by atoms with van der Waals surface area (Å²) >= 11 is 1.52. The molecular weight excluding hydrogens is 414 g/mol. The van der Waals surface area contributed by atoms with Crippen molar-refractivity contribution in [3.05, 3.63) is 16.7 Å². The molecule has 2 saturated heterocycles. The fourth-order valence-corrected chi connectivity index (χ4v) is 5.02. The van der Waals surface area contributed by atoms with Crippen LogP contribution in [0, 0.1) is 11.3 Å². The molecule has 0 saturated carbocycles. The Morgan fingerprint density at radius 2 is 1.87 bits per heavy atom. The molecule has 3 aliphatic heterocycles. The van der Waals surface area contributed by atoms with E-state index < -0.39 is 0 Å². The van der Waals surface area contributed by atoms with Gasteiger partial charge in [0.25, 0.3) is 0 Å². The van der Waals surface area contributed by atoms with Crippen LogP contribution >= 0.6 is 11.8 Å². The molecule has 2 fully saturated rings. The van der Waals surface area contributed by atoms with Gasteiger partial charge in [-0.2, -0.15) is 5.26 Å². The first-order valence-corrected chi connectivity index (χ1v) is 12.1. The second kappa shape index (κ2) is 9.33. The van der Waals surface area contributed by atoms with E-state index in [1.54, 1.807) is 0 Å². The van der Waals surface area contributed by atoms with E-state index in [4.69, 9.17) is 14.5 Å². The van der Waals surface area contributed by atoms with E-state index in [9.17, 15) is 10.1 Å². The van der Waals surface area contributed by atoms with Gasteiger partial charge in [-0.1, -0.05) is 0 Å². The number of piperazine rings is 1. The van der Waals surface area contributed by atoms with E-state index in [1.165, 1.54) is 11.8 Å². The number of carbonyl (C=O) groups excluding carboxylic acids is 1. The standard InChI is InChI=1S/C22H31N5O3S/c1-22(2)12-16-17(13-23)21(31-3)24-20(18(16)15-30-22)27-6-4-25(5-7-27)14-19(28)26-8-10-29-11-9-26/h4-12,14-15H2,1-3H3. The maximum absolute atomic E-state index is 12.6. The highest BCUT2D eigenvalue weighted by Crippen LogP contribution is 2.38. The van der Waals surface area contributed by atoms with Crippen molar-refractivity contribution >= 4 is 23.5 Å². The number of hydrogen-bond donors (Lipinski definition) is 0. The fourth-order valence-electron chi connectivity index (χ4n) is 4.47. The van der Waals surface area contributed by atoms with Crippen LogP contribution in [0.4, 0.5) is 5.82 Å². The molecular formula is C22H31N5O3S. The third-order valence-corrected chi connectivity index (χ3v) is 6.95. The summed E-state index contributed by atoms with van der Waals surface area (Å²) in [4.78, 5) is 23.9. The number of rotatable bonds is 4. The summed E-state index contributed by atoms with van der Waals surface area (Å²) in [5.74, 6) is 1.12. The molecule has 1 aromatic heterocycles. The van der Waals surface area contributed by atoms with Crippen molar-refractivity contribution in [3.8, 4) is 6.07 Å². The predicted octanol–water partition coefficient (Wildman–Crippen LogP) is 1.51. The molecule has 0 bridgehead atoms. The molecule has 3 aliphatic rings. The molecule has 1 aromatic rings. The van der Waals surface area contributed by atoms with Crippen LogP contribution in [0.5, 0.6) is 0 Å². The zero-order valence-electron chi connectivity index (χ0n) is 18.6. The van der Waals surface area contributed by atoms with Crippen molar-refractivity contribution in [3.63, 3.8) is 0 Å². The third kappa shape index (κ3) is 4.82. The molecule has 168 valence electrons. The second-order valence-electron chi connectivity index (χ2n) is 8.87. The first-order valence-electron chi connectivity index (χ1n) is 10.9. The van der Waals surface area contributed by atoms with Gasteiger partial charge < -0.3 is 19.3 Å². The largest absolute Gasteiger partial charge is 0.378 e. The molecule has 4 heterocycles. The first kappa shape index (κ1) is 22.3. The van der Waals surface area contributed by atoms with Crippen LogP contribution in [0.2, 0.25) is 0 Å². The van der Waals surface area contributed by atoms with Gasteiger partial charge in [0.15, 0.2) is 0 Å². The normalized spacial score (nSPS) is 21.5. The Labute approximate surface area is 188 Å². The van der Waals surface area contributed by atoms with Gasteiger partial charge >= 0.3 is 0 Å². The van der Waals surface area contributed by atoms with E-state index in [-0.39, 0.29) is 11.5 Å². The highest BCUT2D eigenvalue weighted by molar-refractivity contribution is 7.98. The minimum absolute atomic E-state index is 0.186. The first-order chi connectivity index (χ1) is 14.9. The van der Waals surface area contributed by atoms with Crippen molar-refractivity contribution in [2.75, 3.05) is 70.2 Å². The Hall–Kier alpha value is -1.86. The van der Waals surface area contributed by atoms with Crippen LogP contribution in [0.15, 0.2) is 5.03 Å². The summed E-state index contributed by atoms with van der Waals surface area (Å²) in [6, 6.07) is 2.39. The van der Waals surface area contributed by atoms with Crippen LogP contribution in [-0.2, 0) is 27.3 Å². The highest BCUT2D eigenvalue weighted by Gasteiger charge is 2.34. The topological polar surface area (TPSA) is 81.9 Å². The Morgan fingerprint density at radius 1 is 1.16 bits per heavy atom. The number of pyridine rings is 1. The quantitative estimate of drug-likeness (QED) is 0.645. The number of amides is 1. The zero-order chi connectivity index (χ0) is 22.0. The molecule has 0 N–H and O–H groups in total. The fraction of sp³-hybridized carbons (Fsp3) is 0.682. The number of fused-ring (bicyclic) bond motifs is 1. The van der Waals surface area contributed by atoms with Crippen molar-refractivity contribution < 1.29 is 14.3 Å². The number of aromatic nitrogens is 1. The van der Waals surface area contributed by atoms with Crippen molar-refractivity contribution in [1.29, 1.82) is 5.26 Å². The molecule has 0 aliphatic carbocycles. The smallest absolute Gasteiger partial charge is 0.236 e. The highest BCUT2D eigenvalue weighted by atomic mass is 32.2. The minimum atomic E-state index is -0.286. The van der Waals surface area contributed by atoms with Gasteiger partial charge in [0.1, 0.15) is 16.9 Å². The number of hydrogen-bond acceptors (Lipinski definition) is 8. The Kier molecular flexibility index (Phi) is 6.72. The number of carbonyl (C=O) groups is 1. The zero-order valence-corrected chi connectivity index (χ0v) is 19.5. The summed E-state index contributed by atoms with van der Waals surface area (Å²) < 4.78 is 11.4. The van der Waals surface area contributed by atoms with Crippen molar-refractivity contribution in [1.82, 2.24) is 14.8 Å². The Morgan fingerprint density at radius 3 is 2.52 bits per heavy atom. The van der Waals surface area contributed by atoms with Crippen LogP contribution < -0.4 is 4.90 Å². The number of ether oxygens (including phenoxy) is 2. The number of nitriles is 1. The molecule has 31 heavy (non-hydrogen) atoms. The lowest BCUT2D eigenvalue weighted by molar-refractivity contribution is -0.136. The second-order valence-corrected chi connectivity index (χ2v) is 9.67. The van der Waals surface area contributed by atoms with Crippen LogP contribution in [0.1, 0.15) is 30.5 Å². The summed E-state index contributed by atoms with van der Waals surface area (Å²) in [5, 5.41) is 10.6. The minimum Gasteiger partial charge on any atom is -0.378 e. The molecule has 0 radical (unpaired) electrons. The summed E-state index contributed by atoms with van der Waals surface area (Å²) in [7, 11) is 0. The van der Waals surface area contributed by atoms with Gasteiger partial charge in [-0.3, -0.25) is 9.69 Å². The number of morpholine rings is 1. The average Bonchev–Trinajstić information content (AvgIpc) is 2.78. The van der Waals surface area contributed by atoms with Gasteiger partial charge in [-0.15, -0.1) is 11.8 Å². The van der Waals surface area contributed by atoms with Crippen LogP contribution in [-0.4, -0.2) is 91.6 Å². The van der Waals surface area contributed by atoms with Crippen molar-refractivity contribution in [2.24, 2.45) is 0 Å². The lowest BCUT2D eigenvalue weighted by Gasteiger charge is -2.39. The Balaban J connectivity index is 1.48. The van der Waals surface area contributed by atoms with Gasteiger partial charge in [0, 0.05) is 51.3 Å². The third-order valence-electron chi connectivity index (χ3n) is 6.27. The van der Waals surface area contributed by atoms with Gasteiger partial charge in [0.2, 0.25) is 5.91 Å². The summed E-state index contributed by atoms with van der Waals surface area (Å²) in [6.45, 7) is 10.9. The SMILES string of the molecule is CSc1nc(N2CCN(CC(=O)N3CCOCC3)CC2)c2c(c1C#N)CC(C)(C)OC2. The lowest BCUT2D eigenvalue weighted by Crippen LogP contribution is -2.52.